The Bertz CT molecular complexity index is 239. The SMILES string of the molecule is CCCC(C)(CCC)N1CC(N)C2(CC2)C1. The molecule has 1 aliphatic carbocycles. The van der Waals surface area contributed by atoms with E-state index < -0.39 is 0 Å². The molecule has 2 nitrogen and oxygen atoms in total. The second kappa shape index (κ2) is 4.30. The fraction of sp³-hybridized carbons (Fsp3) is 1.00. The van der Waals surface area contributed by atoms with Crippen LogP contribution in [0.2, 0.25) is 0 Å². The topological polar surface area (TPSA) is 29.3 Å². The van der Waals surface area contributed by atoms with E-state index in [4.69, 9.17) is 5.73 Å². The van der Waals surface area contributed by atoms with Crippen LogP contribution in [0.4, 0.5) is 0 Å². The van der Waals surface area contributed by atoms with E-state index in [9.17, 15) is 0 Å². The molecule has 1 unspecified atom stereocenters. The third kappa shape index (κ3) is 2.02. The molecule has 2 heteroatoms. The zero-order valence-electron chi connectivity index (χ0n) is 11.3. The van der Waals surface area contributed by atoms with Gasteiger partial charge in [0.1, 0.15) is 0 Å². The van der Waals surface area contributed by atoms with Crippen molar-refractivity contribution in [1.29, 1.82) is 0 Å². The number of likely N-dealkylation sites (tertiary alicyclic amines) is 1. The lowest BCUT2D eigenvalue weighted by molar-refractivity contribution is 0.105. The maximum absolute atomic E-state index is 6.31. The van der Waals surface area contributed by atoms with Crippen molar-refractivity contribution < 1.29 is 0 Å². The van der Waals surface area contributed by atoms with E-state index in [1.165, 1.54) is 45.1 Å². The van der Waals surface area contributed by atoms with Crippen molar-refractivity contribution in [2.45, 2.75) is 70.9 Å². The van der Waals surface area contributed by atoms with Crippen LogP contribution < -0.4 is 5.73 Å². The number of nitrogens with zero attached hydrogens (tertiary/aromatic N) is 1. The average molecular weight is 224 g/mol. The molecule has 0 aromatic carbocycles. The van der Waals surface area contributed by atoms with Crippen LogP contribution in [0.1, 0.15) is 59.3 Å². The van der Waals surface area contributed by atoms with Crippen LogP contribution in [-0.4, -0.2) is 29.6 Å². The second-order valence-electron chi connectivity index (χ2n) is 6.35. The lowest BCUT2D eigenvalue weighted by Gasteiger charge is -2.39. The van der Waals surface area contributed by atoms with E-state index in [-0.39, 0.29) is 0 Å². The summed E-state index contributed by atoms with van der Waals surface area (Å²) < 4.78 is 0. The zero-order chi connectivity index (χ0) is 11.8. The molecule has 1 saturated heterocycles. The Hall–Kier alpha value is -0.0800. The predicted octanol–water partition coefficient (Wildman–Crippen LogP) is 2.77. The summed E-state index contributed by atoms with van der Waals surface area (Å²) >= 11 is 0. The Morgan fingerprint density at radius 3 is 2.19 bits per heavy atom. The Morgan fingerprint density at radius 2 is 1.81 bits per heavy atom. The van der Waals surface area contributed by atoms with E-state index in [1.54, 1.807) is 0 Å². The molecule has 2 rings (SSSR count). The molecule has 0 bridgehead atoms. The molecule has 0 aromatic heterocycles. The fourth-order valence-corrected chi connectivity index (χ4v) is 3.61. The summed E-state index contributed by atoms with van der Waals surface area (Å²) in [6, 6.07) is 0.445. The summed E-state index contributed by atoms with van der Waals surface area (Å²) in [4.78, 5) is 2.71. The Kier molecular flexibility index (Phi) is 3.33. The smallest absolute Gasteiger partial charge is 0.0237 e. The van der Waals surface area contributed by atoms with Gasteiger partial charge in [-0.25, -0.2) is 0 Å². The maximum Gasteiger partial charge on any atom is 0.0237 e. The highest BCUT2D eigenvalue weighted by Crippen LogP contribution is 2.53. The minimum absolute atomic E-state index is 0.410. The number of rotatable bonds is 5. The third-order valence-corrected chi connectivity index (χ3v) is 4.94. The second-order valence-corrected chi connectivity index (χ2v) is 6.35. The van der Waals surface area contributed by atoms with Gasteiger partial charge in [0.2, 0.25) is 0 Å². The van der Waals surface area contributed by atoms with Gasteiger partial charge in [0.25, 0.3) is 0 Å². The average Bonchev–Trinajstić information content (AvgIpc) is 2.90. The zero-order valence-corrected chi connectivity index (χ0v) is 11.3. The van der Waals surface area contributed by atoms with Crippen molar-refractivity contribution in [2.24, 2.45) is 11.1 Å². The van der Waals surface area contributed by atoms with Crippen LogP contribution >= 0.6 is 0 Å². The van der Waals surface area contributed by atoms with Crippen molar-refractivity contribution in [1.82, 2.24) is 4.90 Å². The van der Waals surface area contributed by atoms with E-state index in [0.717, 1.165) is 6.54 Å². The third-order valence-electron chi connectivity index (χ3n) is 4.94. The van der Waals surface area contributed by atoms with Crippen molar-refractivity contribution in [3.63, 3.8) is 0 Å². The first-order valence-corrected chi connectivity index (χ1v) is 7.07. The lowest BCUT2D eigenvalue weighted by atomic mass is 9.89. The summed E-state index contributed by atoms with van der Waals surface area (Å²) in [6.07, 6.45) is 7.97. The van der Waals surface area contributed by atoms with Crippen molar-refractivity contribution in [3.8, 4) is 0 Å². The highest BCUT2D eigenvalue weighted by Gasteiger charge is 2.55. The molecule has 2 fully saturated rings. The van der Waals surface area contributed by atoms with Gasteiger partial charge in [-0.15, -0.1) is 0 Å². The van der Waals surface area contributed by atoms with Crippen LogP contribution in [-0.2, 0) is 0 Å². The van der Waals surface area contributed by atoms with Gasteiger partial charge < -0.3 is 5.73 Å². The maximum atomic E-state index is 6.31. The molecule has 0 radical (unpaired) electrons. The van der Waals surface area contributed by atoms with E-state index in [2.05, 4.69) is 25.7 Å². The molecular formula is C14H28N2. The standard InChI is InChI=1S/C14H28N2/c1-4-6-13(3,7-5-2)16-10-12(15)14(11-16)8-9-14/h12H,4-11,15H2,1-3H3. The van der Waals surface area contributed by atoms with Crippen LogP contribution in [0.15, 0.2) is 0 Å². The van der Waals surface area contributed by atoms with Gasteiger partial charge in [0.15, 0.2) is 0 Å². The van der Waals surface area contributed by atoms with Gasteiger partial charge in [0, 0.05) is 24.7 Å². The monoisotopic (exact) mass is 224 g/mol. The van der Waals surface area contributed by atoms with Gasteiger partial charge >= 0.3 is 0 Å². The van der Waals surface area contributed by atoms with Gasteiger partial charge in [-0.05, 0) is 38.0 Å². The molecule has 1 saturated carbocycles. The summed E-state index contributed by atoms with van der Waals surface area (Å²) in [6.45, 7) is 9.46. The predicted molar refractivity (Wildman–Crippen MR) is 69.4 cm³/mol. The molecule has 0 amide bonds. The molecule has 0 aromatic rings. The van der Waals surface area contributed by atoms with E-state index in [0.29, 0.717) is 17.0 Å². The van der Waals surface area contributed by atoms with Gasteiger partial charge in [0.05, 0.1) is 0 Å². The first kappa shape index (κ1) is 12.4. The van der Waals surface area contributed by atoms with Crippen LogP contribution in [0, 0.1) is 5.41 Å². The molecule has 2 N–H and O–H groups in total. The highest BCUT2D eigenvalue weighted by atomic mass is 15.3. The van der Waals surface area contributed by atoms with E-state index >= 15 is 0 Å². The number of nitrogens with two attached hydrogens (primary N) is 1. The van der Waals surface area contributed by atoms with Crippen LogP contribution in [0.3, 0.4) is 0 Å². The molecule has 1 heterocycles. The van der Waals surface area contributed by atoms with E-state index in [1.807, 2.05) is 0 Å². The first-order chi connectivity index (χ1) is 7.56. The van der Waals surface area contributed by atoms with Gasteiger partial charge in [-0.2, -0.15) is 0 Å². The number of hydrogen-bond donors (Lipinski definition) is 1. The van der Waals surface area contributed by atoms with Gasteiger partial charge in [-0.1, -0.05) is 26.7 Å². The quantitative estimate of drug-likeness (QED) is 0.778. The first-order valence-electron chi connectivity index (χ1n) is 7.07. The molecule has 2 aliphatic rings. The van der Waals surface area contributed by atoms with Crippen LogP contribution in [0.25, 0.3) is 0 Å². The molecular weight excluding hydrogens is 196 g/mol. The lowest BCUT2D eigenvalue weighted by Crippen LogP contribution is -2.45. The molecule has 16 heavy (non-hydrogen) atoms. The summed E-state index contributed by atoms with van der Waals surface area (Å²) in [5.74, 6) is 0. The van der Waals surface area contributed by atoms with Gasteiger partial charge in [-0.3, -0.25) is 4.90 Å². The minimum Gasteiger partial charge on any atom is -0.326 e. The summed E-state index contributed by atoms with van der Waals surface area (Å²) in [5, 5.41) is 0. The number of hydrogen-bond acceptors (Lipinski definition) is 2. The van der Waals surface area contributed by atoms with Crippen LogP contribution in [0.5, 0.6) is 0 Å². The molecule has 1 spiro atoms. The Balaban J connectivity index is 2.04. The summed E-state index contributed by atoms with van der Waals surface area (Å²) in [7, 11) is 0. The summed E-state index contributed by atoms with van der Waals surface area (Å²) in [5.41, 5.74) is 7.25. The van der Waals surface area contributed by atoms with Crippen molar-refractivity contribution in [3.05, 3.63) is 0 Å². The normalized spacial score (nSPS) is 28.9. The Morgan fingerprint density at radius 1 is 1.25 bits per heavy atom. The minimum atomic E-state index is 0.410. The Labute approximate surface area is 101 Å². The largest absolute Gasteiger partial charge is 0.326 e. The molecule has 1 aliphatic heterocycles. The molecule has 94 valence electrons. The molecule has 1 atom stereocenters. The van der Waals surface area contributed by atoms with Crippen molar-refractivity contribution >= 4 is 0 Å². The highest BCUT2D eigenvalue weighted by molar-refractivity contribution is 5.11. The van der Waals surface area contributed by atoms with Crippen molar-refractivity contribution in [2.75, 3.05) is 13.1 Å². The fourth-order valence-electron chi connectivity index (χ4n) is 3.61.